The molecule has 0 saturated carbocycles. The second-order valence-corrected chi connectivity index (χ2v) is 7.82. The first-order valence-electron chi connectivity index (χ1n) is 8.91. The molecule has 4 heterocycles. The fraction of sp³-hybridized carbons (Fsp3) is 0.263. The highest BCUT2D eigenvalue weighted by Crippen LogP contribution is 2.34. The van der Waals surface area contributed by atoms with E-state index >= 15 is 0 Å². The number of rotatable bonds is 2. The van der Waals surface area contributed by atoms with Crippen LogP contribution in [0.1, 0.15) is 18.4 Å². The Kier molecular flexibility index (Phi) is 3.61. The van der Waals surface area contributed by atoms with Crippen LogP contribution in [0, 0.1) is 6.92 Å². The predicted molar refractivity (Wildman–Crippen MR) is 109 cm³/mol. The smallest absolute Gasteiger partial charge is 0.275 e. The molecule has 27 heavy (non-hydrogen) atoms. The van der Waals surface area contributed by atoms with Gasteiger partial charge in [-0.2, -0.15) is 4.98 Å². The number of thiophene rings is 1. The average Bonchev–Trinajstić information content (AvgIpc) is 3.31. The standard InChI is InChI=1S/C19H18N6OS/c1-11-4-6-12(7-5-11)25-10-21-14-13-16(20)22-19(24-8-2-3-9-24)23-17(13)27-15(14)18(25)26/h4-7,10H,2-3,8-9H2,1H3,(H2,20,22,23). The van der Waals surface area contributed by atoms with Gasteiger partial charge < -0.3 is 10.6 Å². The van der Waals surface area contributed by atoms with Gasteiger partial charge in [-0.3, -0.25) is 9.36 Å². The molecule has 0 spiro atoms. The van der Waals surface area contributed by atoms with Gasteiger partial charge in [-0.05, 0) is 31.9 Å². The monoisotopic (exact) mass is 378 g/mol. The Hall–Kier alpha value is -3.00. The molecule has 0 radical (unpaired) electrons. The van der Waals surface area contributed by atoms with Crippen LogP contribution in [0.15, 0.2) is 35.4 Å². The maximum atomic E-state index is 13.1. The number of aryl methyl sites for hydroxylation is 1. The van der Waals surface area contributed by atoms with Crippen LogP contribution < -0.4 is 16.2 Å². The van der Waals surface area contributed by atoms with E-state index in [1.165, 1.54) is 11.3 Å². The van der Waals surface area contributed by atoms with Crippen molar-refractivity contribution in [1.82, 2.24) is 19.5 Å². The van der Waals surface area contributed by atoms with Crippen molar-refractivity contribution in [2.75, 3.05) is 23.7 Å². The van der Waals surface area contributed by atoms with Crippen molar-refractivity contribution in [2.24, 2.45) is 0 Å². The molecule has 3 aromatic heterocycles. The number of benzene rings is 1. The Morgan fingerprint density at radius 2 is 1.85 bits per heavy atom. The van der Waals surface area contributed by atoms with Crippen LogP contribution >= 0.6 is 11.3 Å². The van der Waals surface area contributed by atoms with Crippen molar-refractivity contribution in [2.45, 2.75) is 19.8 Å². The van der Waals surface area contributed by atoms with Gasteiger partial charge in [-0.15, -0.1) is 11.3 Å². The van der Waals surface area contributed by atoms with Crippen LogP contribution in [0.3, 0.4) is 0 Å². The molecular formula is C19H18N6OS. The van der Waals surface area contributed by atoms with Gasteiger partial charge in [0.1, 0.15) is 27.2 Å². The highest BCUT2D eigenvalue weighted by atomic mass is 32.1. The van der Waals surface area contributed by atoms with Crippen LogP contribution in [0.25, 0.3) is 26.1 Å². The minimum Gasteiger partial charge on any atom is -0.383 e. The number of nitrogens with two attached hydrogens (primary N) is 1. The summed E-state index contributed by atoms with van der Waals surface area (Å²) in [4.78, 5) is 29.6. The maximum Gasteiger partial charge on any atom is 0.275 e. The lowest BCUT2D eigenvalue weighted by Crippen LogP contribution is -2.20. The minimum absolute atomic E-state index is 0.117. The normalized spacial score (nSPS) is 14.5. The molecule has 0 atom stereocenters. The van der Waals surface area contributed by atoms with E-state index in [-0.39, 0.29) is 5.56 Å². The summed E-state index contributed by atoms with van der Waals surface area (Å²) in [5.74, 6) is 1.02. The number of anilines is 2. The van der Waals surface area contributed by atoms with Crippen LogP contribution in [0.4, 0.5) is 11.8 Å². The van der Waals surface area contributed by atoms with Crippen molar-refractivity contribution in [3.8, 4) is 5.69 Å². The summed E-state index contributed by atoms with van der Waals surface area (Å²) >= 11 is 1.33. The molecule has 2 N–H and O–H groups in total. The zero-order chi connectivity index (χ0) is 18.5. The highest BCUT2D eigenvalue weighted by Gasteiger charge is 2.21. The number of nitrogens with zero attached hydrogens (tertiary/aromatic N) is 5. The van der Waals surface area contributed by atoms with E-state index in [1.54, 1.807) is 10.9 Å². The van der Waals surface area contributed by atoms with Crippen LogP contribution in [0.5, 0.6) is 0 Å². The quantitative estimate of drug-likeness (QED) is 0.577. The van der Waals surface area contributed by atoms with Gasteiger partial charge in [0.2, 0.25) is 5.95 Å². The van der Waals surface area contributed by atoms with E-state index in [2.05, 4.69) is 19.9 Å². The third kappa shape index (κ3) is 2.56. The summed E-state index contributed by atoms with van der Waals surface area (Å²) in [5.41, 5.74) is 8.62. The van der Waals surface area contributed by atoms with E-state index < -0.39 is 0 Å². The van der Waals surface area contributed by atoms with Gasteiger partial charge >= 0.3 is 0 Å². The number of aromatic nitrogens is 4. The SMILES string of the molecule is Cc1ccc(-n2cnc3c(sc4nc(N5CCCC5)nc(N)c43)c2=O)cc1. The number of nitrogen functional groups attached to an aromatic ring is 1. The zero-order valence-corrected chi connectivity index (χ0v) is 15.7. The van der Waals surface area contributed by atoms with E-state index in [9.17, 15) is 4.79 Å². The molecule has 8 heteroatoms. The number of hydrogen-bond donors (Lipinski definition) is 1. The van der Waals surface area contributed by atoms with Gasteiger partial charge in [0.15, 0.2) is 0 Å². The van der Waals surface area contributed by atoms with Gasteiger partial charge in [-0.1, -0.05) is 17.7 Å². The average molecular weight is 378 g/mol. The summed E-state index contributed by atoms with van der Waals surface area (Å²) in [6.45, 7) is 3.89. The van der Waals surface area contributed by atoms with Gasteiger partial charge in [-0.25, -0.2) is 9.97 Å². The summed E-state index contributed by atoms with van der Waals surface area (Å²) in [6.07, 6.45) is 3.82. The molecule has 5 rings (SSSR count). The van der Waals surface area contributed by atoms with Crippen LogP contribution in [0.2, 0.25) is 0 Å². The Morgan fingerprint density at radius 1 is 1.11 bits per heavy atom. The second-order valence-electron chi connectivity index (χ2n) is 6.82. The minimum atomic E-state index is -0.117. The molecule has 0 unspecified atom stereocenters. The summed E-state index contributed by atoms with van der Waals surface area (Å²) in [7, 11) is 0. The Labute approximate surface area is 159 Å². The molecule has 1 aliphatic rings. The molecule has 7 nitrogen and oxygen atoms in total. The summed E-state index contributed by atoms with van der Waals surface area (Å²) < 4.78 is 2.11. The Balaban J connectivity index is 1.72. The molecule has 1 aromatic carbocycles. The zero-order valence-electron chi connectivity index (χ0n) is 14.8. The van der Waals surface area contributed by atoms with Crippen molar-refractivity contribution in [3.05, 3.63) is 46.5 Å². The van der Waals surface area contributed by atoms with E-state index in [0.29, 0.717) is 32.2 Å². The fourth-order valence-electron chi connectivity index (χ4n) is 3.49. The molecule has 1 aliphatic heterocycles. The second kappa shape index (κ2) is 6.02. The van der Waals surface area contributed by atoms with Crippen LogP contribution in [-0.2, 0) is 0 Å². The topological polar surface area (TPSA) is 89.9 Å². The van der Waals surface area contributed by atoms with Gasteiger partial charge in [0.25, 0.3) is 5.56 Å². The number of hydrogen-bond acceptors (Lipinski definition) is 7. The molecule has 1 saturated heterocycles. The molecule has 4 aromatic rings. The molecule has 1 fully saturated rings. The van der Waals surface area contributed by atoms with Crippen LogP contribution in [-0.4, -0.2) is 32.6 Å². The summed E-state index contributed by atoms with van der Waals surface area (Å²) in [6, 6.07) is 7.78. The van der Waals surface area contributed by atoms with Crippen molar-refractivity contribution in [3.63, 3.8) is 0 Å². The third-order valence-corrected chi connectivity index (χ3v) is 6.02. The number of fused-ring (bicyclic) bond motifs is 3. The van der Waals surface area contributed by atoms with Crippen molar-refractivity contribution >= 4 is 43.5 Å². The third-order valence-electron chi connectivity index (χ3n) is 4.96. The largest absolute Gasteiger partial charge is 0.383 e. The van der Waals surface area contributed by atoms with E-state index in [4.69, 9.17) is 5.73 Å². The van der Waals surface area contributed by atoms with E-state index in [1.807, 2.05) is 31.2 Å². The van der Waals surface area contributed by atoms with E-state index in [0.717, 1.165) is 37.2 Å². The first kappa shape index (κ1) is 16.2. The highest BCUT2D eigenvalue weighted by molar-refractivity contribution is 7.25. The fourth-order valence-corrected chi connectivity index (χ4v) is 4.55. The molecule has 0 aliphatic carbocycles. The molecule has 0 bridgehead atoms. The lowest BCUT2D eigenvalue weighted by Gasteiger charge is -2.15. The molecule has 136 valence electrons. The van der Waals surface area contributed by atoms with Gasteiger partial charge in [0.05, 0.1) is 11.1 Å². The Morgan fingerprint density at radius 3 is 2.59 bits per heavy atom. The van der Waals surface area contributed by atoms with Crippen molar-refractivity contribution < 1.29 is 0 Å². The first-order valence-corrected chi connectivity index (χ1v) is 9.73. The first-order chi connectivity index (χ1) is 13.1. The van der Waals surface area contributed by atoms with Gasteiger partial charge in [0, 0.05) is 13.1 Å². The molecule has 0 amide bonds. The lowest BCUT2D eigenvalue weighted by atomic mass is 10.2. The predicted octanol–water partition coefficient (Wildman–Crippen LogP) is 2.88. The van der Waals surface area contributed by atoms with Crippen molar-refractivity contribution in [1.29, 1.82) is 0 Å². The molecular weight excluding hydrogens is 360 g/mol. The maximum absolute atomic E-state index is 13.1. The summed E-state index contributed by atoms with van der Waals surface area (Å²) in [5, 5.41) is 0.672. The lowest BCUT2D eigenvalue weighted by molar-refractivity contribution is 0.910. The Bertz CT molecular complexity index is 1220.